The molecule has 1 unspecified atom stereocenters. The van der Waals surface area contributed by atoms with Crippen molar-refractivity contribution in [3.05, 3.63) is 23.9 Å². The molecule has 5 nitrogen and oxygen atoms in total. The molecular formula is C11H13F2N3O2. The second-order valence-electron chi connectivity index (χ2n) is 4.30. The maximum absolute atomic E-state index is 13.2. The fraction of sp³-hybridized carbons (Fsp3) is 0.455. The Morgan fingerprint density at radius 1 is 1.56 bits per heavy atom. The van der Waals surface area contributed by atoms with Crippen LogP contribution in [0.3, 0.4) is 0 Å². The van der Waals surface area contributed by atoms with Gasteiger partial charge in [-0.15, -0.1) is 0 Å². The van der Waals surface area contributed by atoms with Crippen molar-refractivity contribution in [2.75, 3.05) is 18.5 Å². The van der Waals surface area contributed by atoms with Gasteiger partial charge in [0.2, 0.25) is 0 Å². The molecule has 2 heterocycles. The number of likely N-dealkylation sites (N-methyl/N-ethyl adjacent to an activating group) is 1. The number of rotatable bonds is 2. The SMILES string of the molecule is CN1CC(O)N(c2cc(C(C)(F)F)ccn2)C1=O. The van der Waals surface area contributed by atoms with Crippen molar-refractivity contribution in [3.8, 4) is 0 Å². The predicted octanol–water partition coefficient (Wildman–Crippen LogP) is 1.38. The van der Waals surface area contributed by atoms with Gasteiger partial charge < -0.3 is 10.0 Å². The maximum atomic E-state index is 13.2. The number of halogens is 2. The largest absolute Gasteiger partial charge is 0.371 e. The number of aliphatic hydroxyl groups excluding tert-OH is 1. The molecule has 7 heteroatoms. The van der Waals surface area contributed by atoms with Crippen LogP contribution in [-0.4, -0.2) is 40.8 Å². The van der Waals surface area contributed by atoms with Crippen molar-refractivity contribution in [1.29, 1.82) is 0 Å². The molecule has 1 N–H and O–H groups in total. The number of amides is 2. The second kappa shape index (κ2) is 4.16. The summed E-state index contributed by atoms with van der Waals surface area (Å²) in [6.07, 6.45) is 0.121. The fourth-order valence-electron chi connectivity index (χ4n) is 1.79. The van der Waals surface area contributed by atoms with Gasteiger partial charge in [0.1, 0.15) is 5.82 Å². The molecule has 1 aliphatic heterocycles. The molecule has 1 aliphatic rings. The van der Waals surface area contributed by atoms with E-state index in [9.17, 15) is 18.7 Å². The number of hydrogen-bond acceptors (Lipinski definition) is 3. The minimum absolute atomic E-state index is 0.0240. The Morgan fingerprint density at radius 3 is 2.72 bits per heavy atom. The van der Waals surface area contributed by atoms with Crippen molar-refractivity contribution >= 4 is 11.8 Å². The minimum atomic E-state index is -3.02. The van der Waals surface area contributed by atoms with Gasteiger partial charge in [0.25, 0.3) is 5.92 Å². The molecule has 18 heavy (non-hydrogen) atoms. The Hall–Kier alpha value is -1.76. The zero-order valence-corrected chi connectivity index (χ0v) is 9.97. The van der Waals surface area contributed by atoms with Crippen molar-refractivity contribution in [2.24, 2.45) is 0 Å². The van der Waals surface area contributed by atoms with E-state index in [4.69, 9.17) is 0 Å². The first-order valence-corrected chi connectivity index (χ1v) is 5.37. The molecule has 1 aromatic rings. The number of anilines is 1. The van der Waals surface area contributed by atoms with Crippen molar-refractivity contribution in [3.63, 3.8) is 0 Å². The van der Waals surface area contributed by atoms with Crippen LogP contribution in [0.4, 0.5) is 19.4 Å². The second-order valence-corrected chi connectivity index (χ2v) is 4.30. The number of β-amino-alcohol motifs (C(OH)–C–C–N with tert-alkyl or cyclic N) is 1. The van der Waals surface area contributed by atoms with Gasteiger partial charge in [-0.3, -0.25) is 0 Å². The molecular weight excluding hydrogens is 244 g/mol. The molecule has 0 saturated carbocycles. The Balaban J connectivity index is 2.37. The molecule has 2 rings (SSSR count). The zero-order chi connectivity index (χ0) is 13.5. The number of pyridine rings is 1. The Kier molecular flexibility index (Phi) is 2.94. The number of hydrogen-bond donors (Lipinski definition) is 1. The lowest BCUT2D eigenvalue weighted by Gasteiger charge is -2.19. The summed E-state index contributed by atoms with van der Waals surface area (Å²) >= 11 is 0. The first-order chi connectivity index (χ1) is 8.30. The van der Waals surface area contributed by atoms with Crippen LogP contribution in [-0.2, 0) is 5.92 Å². The third-order valence-corrected chi connectivity index (χ3v) is 2.77. The van der Waals surface area contributed by atoms with Crippen LogP contribution in [0, 0.1) is 0 Å². The molecule has 1 atom stereocenters. The molecule has 0 spiro atoms. The smallest absolute Gasteiger partial charge is 0.327 e. The van der Waals surface area contributed by atoms with Crippen LogP contribution in [0.25, 0.3) is 0 Å². The van der Waals surface area contributed by atoms with Crippen LogP contribution in [0.1, 0.15) is 12.5 Å². The summed E-state index contributed by atoms with van der Waals surface area (Å²) in [5, 5.41) is 9.71. The number of carbonyl (C=O) groups is 1. The summed E-state index contributed by atoms with van der Waals surface area (Å²) in [5.74, 6) is -2.99. The number of urea groups is 1. The van der Waals surface area contributed by atoms with Crippen LogP contribution in [0.15, 0.2) is 18.3 Å². The molecule has 1 fully saturated rings. The average Bonchev–Trinajstić information content (AvgIpc) is 2.52. The highest BCUT2D eigenvalue weighted by molar-refractivity contribution is 5.93. The number of aliphatic hydroxyl groups is 1. The van der Waals surface area contributed by atoms with Gasteiger partial charge in [-0.1, -0.05) is 0 Å². The van der Waals surface area contributed by atoms with E-state index in [0.29, 0.717) is 0 Å². The van der Waals surface area contributed by atoms with E-state index in [1.807, 2.05) is 0 Å². The molecule has 0 radical (unpaired) electrons. The van der Waals surface area contributed by atoms with Crippen molar-refractivity contribution in [2.45, 2.75) is 19.1 Å². The van der Waals surface area contributed by atoms with Gasteiger partial charge in [0, 0.05) is 25.7 Å². The quantitative estimate of drug-likeness (QED) is 0.870. The lowest BCUT2D eigenvalue weighted by Crippen LogP contribution is -2.35. The zero-order valence-electron chi connectivity index (χ0n) is 9.97. The van der Waals surface area contributed by atoms with Gasteiger partial charge >= 0.3 is 6.03 Å². The first-order valence-electron chi connectivity index (χ1n) is 5.37. The third-order valence-electron chi connectivity index (χ3n) is 2.77. The lowest BCUT2D eigenvalue weighted by molar-refractivity contribution is 0.0174. The minimum Gasteiger partial charge on any atom is -0.371 e. The summed E-state index contributed by atoms with van der Waals surface area (Å²) in [4.78, 5) is 17.9. The van der Waals surface area contributed by atoms with E-state index in [2.05, 4.69) is 4.98 Å². The summed E-state index contributed by atoms with van der Waals surface area (Å²) in [6, 6.07) is 1.83. The van der Waals surface area contributed by atoms with E-state index in [1.165, 1.54) is 24.2 Å². The highest BCUT2D eigenvalue weighted by Gasteiger charge is 2.36. The lowest BCUT2D eigenvalue weighted by atomic mass is 10.1. The van der Waals surface area contributed by atoms with Crippen LogP contribution in [0.5, 0.6) is 0 Å². The molecule has 98 valence electrons. The van der Waals surface area contributed by atoms with Gasteiger partial charge in [0.05, 0.1) is 6.54 Å². The molecule has 0 bridgehead atoms. The summed E-state index contributed by atoms with van der Waals surface area (Å²) < 4.78 is 26.4. The van der Waals surface area contributed by atoms with E-state index < -0.39 is 18.2 Å². The molecule has 0 aliphatic carbocycles. The Labute approximate surface area is 103 Å². The van der Waals surface area contributed by atoms with Gasteiger partial charge in [0.15, 0.2) is 6.23 Å². The van der Waals surface area contributed by atoms with Crippen LogP contribution >= 0.6 is 0 Å². The normalized spacial score (nSPS) is 20.7. The Morgan fingerprint density at radius 2 is 2.22 bits per heavy atom. The van der Waals surface area contributed by atoms with Gasteiger partial charge in [-0.25, -0.2) is 23.5 Å². The van der Waals surface area contributed by atoms with E-state index in [0.717, 1.165) is 17.9 Å². The summed E-state index contributed by atoms with van der Waals surface area (Å²) in [6.45, 7) is 0.883. The molecule has 2 amide bonds. The number of carbonyl (C=O) groups excluding carboxylic acids is 1. The monoisotopic (exact) mass is 257 g/mol. The van der Waals surface area contributed by atoms with E-state index in [-0.39, 0.29) is 17.9 Å². The number of nitrogens with zero attached hydrogens (tertiary/aromatic N) is 3. The van der Waals surface area contributed by atoms with Crippen molar-refractivity contribution < 1.29 is 18.7 Å². The van der Waals surface area contributed by atoms with Gasteiger partial charge in [-0.2, -0.15) is 0 Å². The maximum Gasteiger partial charge on any atom is 0.327 e. The first kappa shape index (κ1) is 12.7. The fourth-order valence-corrected chi connectivity index (χ4v) is 1.79. The molecule has 1 saturated heterocycles. The number of alkyl halides is 2. The average molecular weight is 257 g/mol. The predicted molar refractivity (Wildman–Crippen MR) is 60.3 cm³/mol. The standard InChI is InChI=1S/C11H13F2N3O2/c1-11(12,13)7-3-4-14-8(5-7)16-9(17)6-15(2)10(16)18/h3-5,9,17H,6H2,1-2H3. The summed E-state index contributed by atoms with van der Waals surface area (Å²) in [7, 11) is 1.52. The van der Waals surface area contributed by atoms with Crippen molar-refractivity contribution in [1.82, 2.24) is 9.88 Å². The van der Waals surface area contributed by atoms with E-state index >= 15 is 0 Å². The topological polar surface area (TPSA) is 56.7 Å². The van der Waals surface area contributed by atoms with Gasteiger partial charge in [-0.05, 0) is 12.1 Å². The van der Waals surface area contributed by atoms with Crippen LogP contribution in [0.2, 0.25) is 0 Å². The van der Waals surface area contributed by atoms with Crippen LogP contribution < -0.4 is 4.90 Å². The highest BCUT2D eigenvalue weighted by atomic mass is 19.3. The third kappa shape index (κ3) is 2.13. The Bertz CT molecular complexity index is 476. The summed E-state index contributed by atoms with van der Waals surface area (Å²) in [5.41, 5.74) is -0.248. The molecule has 1 aromatic heterocycles. The van der Waals surface area contributed by atoms with E-state index in [1.54, 1.807) is 0 Å². The molecule has 0 aromatic carbocycles. The number of aromatic nitrogens is 1. The highest BCUT2D eigenvalue weighted by Crippen LogP contribution is 2.30.